The lowest BCUT2D eigenvalue weighted by Crippen LogP contribution is -2.49. The van der Waals surface area contributed by atoms with Gasteiger partial charge in [0.25, 0.3) is 0 Å². The van der Waals surface area contributed by atoms with Crippen molar-refractivity contribution in [2.75, 3.05) is 31.6 Å². The summed E-state index contributed by atoms with van der Waals surface area (Å²) in [7, 11) is 1.94. The summed E-state index contributed by atoms with van der Waals surface area (Å²) in [6.07, 6.45) is 3.45. The fraction of sp³-hybridized carbons (Fsp3) is 0.579. The number of likely N-dealkylation sites (N-methyl/N-ethyl adjacent to an activating group) is 1. The van der Waals surface area contributed by atoms with Crippen molar-refractivity contribution in [1.29, 1.82) is 0 Å². The van der Waals surface area contributed by atoms with E-state index in [1.165, 1.54) is 5.56 Å². The van der Waals surface area contributed by atoms with Crippen LogP contribution in [0, 0.1) is 5.92 Å². The van der Waals surface area contributed by atoms with Crippen molar-refractivity contribution in [1.82, 2.24) is 10.2 Å². The number of aryl methyl sites for hydroxylation is 1. The topological polar surface area (TPSA) is 52.7 Å². The molecule has 1 N–H and O–H groups in total. The Morgan fingerprint density at radius 3 is 2.67 bits per heavy atom. The van der Waals surface area contributed by atoms with Crippen LogP contribution in [0.2, 0.25) is 0 Å². The number of hydrogen-bond acceptors (Lipinski definition) is 3. The Balaban J connectivity index is 1.66. The van der Waals surface area contributed by atoms with Gasteiger partial charge in [0, 0.05) is 37.8 Å². The third-order valence-corrected chi connectivity index (χ3v) is 5.27. The highest BCUT2D eigenvalue weighted by Gasteiger charge is 2.38. The number of carbonyl (C=O) groups is 2. The number of nitrogens with zero attached hydrogens (tertiary/aromatic N) is 2. The molecule has 2 amide bonds. The molecule has 0 saturated carbocycles. The number of likely N-dealkylation sites (tertiary alicyclic amines) is 1. The van der Waals surface area contributed by atoms with Gasteiger partial charge in [-0.05, 0) is 44.0 Å². The van der Waals surface area contributed by atoms with Crippen LogP contribution in [0.15, 0.2) is 24.3 Å². The number of hydrogen-bond donors (Lipinski definition) is 1. The van der Waals surface area contributed by atoms with E-state index >= 15 is 0 Å². The highest BCUT2D eigenvalue weighted by Crippen LogP contribution is 2.27. The van der Waals surface area contributed by atoms with Gasteiger partial charge in [-0.3, -0.25) is 9.59 Å². The SMILES string of the molecule is CCc1ccc(N2CC(C(=O)N3CCCC(NC)C3)CC2=O)cc1. The van der Waals surface area contributed by atoms with E-state index < -0.39 is 0 Å². The van der Waals surface area contributed by atoms with Crippen LogP contribution >= 0.6 is 0 Å². The Morgan fingerprint density at radius 2 is 2.00 bits per heavy atom. The molecule has 2 saturated heterocycles. The predicted molar refractivity (Wildman–Crippen MR) is 94.9 cm³/mol. The van der Waals surface area contributed by atoms with Crippen molar-refractivity contribution in [3.05, 3.63) is 29.8 Å². The first-order valence-corrected chi connectivity index (χ1v) is 8.97. The number of benzene rings is 1. The average Bonchev–Trinajstić information content (AvgIpc) is 3.03. The van der Waals surface area contributed by atoms with Crippen molar-refractivity contribution >= 4 is 17.5 Å². The second-order valence-electron chi connectivity index (χ2n) is 6.84. The number of carbonyl (C=O) groups excluding carboxylic acids is 2. The molecule has 0 bridgehead atoms. The molecule has 24 heavy (non-hydrogen) atoms. The molecule has 2 aliphatic rings. The molecule has 2 heterocycles. The van der Waals surface area contributed by atoms with Gasteiger partial charge in [0.15, 0.2) is 0 Å². The molecule has 0 aromatic heterocycles. The van der Waals surface area contributed by atoms with Crippen LogP contribution < -0.4 is 10.2 Å². The number of amides is 2. The molecule has 0 spiro atoms. The van der Waals surface area contributed by atoms with Crippen molar-refractivity contribution in [2.24, 2.45) is 5.92 Å². The third kappa shape index (κ3) is 3.46. The Kier molecular flexibility index (Phi) is 5.19. The molecule has 5 heteroatoms. The maximum absolute atomic E-state index is 12.8. The van der Waals surface area contributed by atoms with E-state index in [9.17, 15) is 9.59 Å². The van der Waals surface area contributed by atoms with Gasteiger partial charge < -0.3 is 15.1 Å². The van der Waals surface area contributed by atoms with Crippen molar-refractivity contribution in [2.45, 2.75) is 38.6 Å². The van der Waals surface area contributed by atoms with E-state index in [2.05, 4.69) is 24.4 Å². The standard InChI is InChI=1S/C19H27N3O2/c1-3-14-6-8-17(9-7-14)22-12-15(11-18(22)23)19(24)21-10-4-5-16(13-21)20-2/h6-9,15-16,20H,3-5,10-13H2,1-2H3. The Hall–Kier alpha value is -1.88. The third-order valence-electron chi connectivity index (χ3n) is 5.27. The van der Waals surface area contributed by atoms with Crippen molar-refractivity contribution < 1.29 is 9.59 Å². The van der Waals surface area contributed by atoms with Gasteiger partial charge in [0.2, 0.25) is 11.8 Å². The van der Waals surface area contributed by atoms with Crippen LogP contribution in [0.1, 0.15) is 31.7 Å². The largest absolute Gasteiger partial charge is 0.341 e. The molecule has 3 rings (SSSR count). The van der Waals surface area contributed by atoms with Crippen LogP contribution in [0.4, 0.5) is 5.69 Å². The molecule has 0 aliphatic carbocycles. The van der Waals surface area contributed by atoms with E-state index in [1.807, 2.05) is 24.1 Å². The summed E-state index contributed by atoms with van der Waals surface area (Å²) in [5, 5.41) is 3.26. The summed E-state index contributed by atoms with van der Waals surface area (Å²) in [4.78, 5) is 28.9. The summed E-state index contributed by atoms with van der Waals surface area (Å²) >= 11 is 0. The van der Waals surface area contributed by atoms with E-state index in [1.54, 1.807) is 4.90 Å². The zero-order chi connectivity index (χ0) is 17.1. The number of nitrogens with one attached hydrogen (secondary N) is 1. The van der Waals surface area contributed by atoms with Gasteiger partial charge in [-0.25, -0.2) is 0 Å². The maximum Gasteiger partial charge on any atom is 0.228 e. The maximum atomic E-state index is 12.8. The van der Waals surface area contributed by atoms with Gasteiger partial charge in [-0.15, -0.1) is 0 Å². The summed E-state index contributed by atoms with van der Waals surface area (Å²) in [5.74, 6) is -0.0188. The number of rotatable bonds is 4. The first-order valence-electron chi connectivity index (χ1n) is 8.97. The molecule has 130 valence electrons. The summed E-state index contributed by atoms with van der Waals surface area (Å²) in [6.45, 7) is 4.18. The smallest absolute Gasteiger partial charge is 0.228 e. The van der Waals surface area contributed by atoms with Crippen molar-refractivity contribution in [3.8, 4) is 0 Å². The van der Waals surface area contributed by atoms with E-state index in [0.29, 0.717) is 19.0 Å². The van der Waals surface area contributed by atoms with Gasteiger partial charge in [-0.2, -0.15) is 0 Å². The van der Waals surface area contributed by atoms with E-state index in [-0.39, 0.29) is 17.7 Å². The molecule has 2 aliphatic heterocycles. The summed E-state index contributed by atoms with van der Waals surface area (Å²) < 4.78 is 0. The average molecular weight is 329 g/mol. The Bertz CT molecular complexity index is 599. The first-order chi connectivity index (χ1) is 11.6. The molecule has 2 unspecified atom stereocenters. The number of piperidine rings is 1. The van der Waals surface area contributed by atoms with E-state index in [4.69, 9.17) is 0 Å². The van der Waals surface area contributed by atoms with Crippen LogP contribution in [0.5, 0.6) is 0 Å². The van der Waals surface area contributed by atoms with Crippen LogP contribution in [0.3, 0.4) is 0 Å². The number of anilines is 1. The van der Waals surface area contributed by atoms with E-state index in [0.717, 1.165) is 38.0 Å². The molecular formula is C19H27N3O2. The van der Waals surface area contributed by atoms with Gasteiger partial charge in [-0.1, -0.05) is 19.1 Å². The molecule has 0 radical (unpaired) electrons. The molecule has 1 aromatic carbocycles. The highest BCUT2D eigenvalue weighted by atomic mass is 16.2. The van der Waals surface area contributed by atoms with Gasteiger partial charge >= 0.3 is 0 Å². The summed E-state index contributed by atoms with van der Waals surface area (Å²) in [5.41, 5.74) is 2.16. The predicted octanol–water partition coefficient (Wildman–Crippen LogP) is 1.81. The lowest BCUT2D eigenvalue weighted by atomic mass is 10.0. The molecule has 5 nitrogen and oxygen atoms in total. The minimum Gasteiger partial charge on any atom is -0.341 e. The second-order valence-corrected chi connectivity index (χ2v) is 6.84. The Labute approximate surface area is 144 Å². The minimum absolute atomic E-state index is 0.0553. The normalized spacial score (nSPS) is 24.5. The second kappa shape index (κ2) is 7.34. The molecule has 2 atom stereocenters. The lowest BCUT2D eigenvalue weighted by molar-refractivity contribution is -0.137. The zero-order valence-electron chi connectivity index (χ0n) is 14.6. The van der Waals surface area contributed by atoms with Crippen LogP contribution in [-0.2, 0) is 16.0 Å². The highest BCUT2D eigenvalue weighted by molar-refractivity contribution is 6.00. The quantitative estimate of drug-likeness (QED) is 0.917. The molecule has 2 fully saturated rings. The van der Waals surface area contributed by atoms with Crippen molar-refractivity contribution in [3.63, 3.8) is 0 Å². The minimum atomic E-state index is -0.209. The molecular weight excluding hydrogens is 302 g/mol. The fourth-order valence-electron chi connectivity index (χ4n) is 3.71. The molecule has 1 aromatic rings. The van der Waals surface area contributed by atoms with Crippen LogP contribution in [0.25, 0.3) is 0 Å². The Morgan fingerprint density at radius 1 is 1.25 bits per heavy atom. The summed E-state index contributed by atoms with van der Waals surface area (Å²) in [6, 6.07) is 8.46. The van der Waals surface area contributed by atoms with Crippen LogP contribution in [-0.4, -0.2) is 49.4 Å². The van der Waals surface area contributed by atoms with Gasteiger partial charge in [0.05, 0.1) is 5.92 Å². The lowest BCUT2D eigenvalue weighted by Gasteiger charge is -2.34. The van der Waals surface area contributed by atoms with Gasteiger partial charge in [0.1, 0.15) is 0 Å². The fourth-order valence-corrected chi connectivity index (χ4v) is 3.71. The monoisotopic (exact) mass is 329 g/mol. The first kappa shape index (κ1) is 17.0. The zero-order valence-corrected chi connectivity index (χ0v) is 14.6.